The maximum atomic E-state index is 4.58. The molecule has 0 aliphatic rings. The van der Waals surface area contributed by atoms with E-state index in [4.69, 9.17) is 0 Å². The maximum Gasteiger partial charge on any atom is 0.0703 e. The molecule has 3 nitrogen and oxygen atoms in total. The highest BCUT2D eigenvalue weighted by atomic mass is 15.2. The lowest BCUT2D eigenvalue weighted by atomic mass is 10.0. The Morgan fingerprint density at radius 1 is 1.33 bits per heavy atom. The molecule has 0 saturated heterocycles. The van der Waals surface area contributed by atoms with Gasteiger partial charge in [0.05, 0.1) is 5.69 Å². The smallest absolute Gasteiger partial charge is 0.0703 e. The first-order chi connectivity index (χ1) is 8.70. The van der Waals surface area contributed by atoms with Gasteiger partial charge in [0, 0.05) is 18.8 Å². The zero-order valence-corrected chi connectivity index (χ0v) is 11.4. The molecule has 0 amide bonds. The van der Waals surface area contributed by atoms with Crippen LogP contribution >= 0.6 is 0 Å². The molecule has 0 spiro atoms. The minimum Gasteiger partial charge on any atom is -0.320 e. The maximum absolute atomic E-state index is 4.58. The highest BCUT2D eigenvalue weighted by Gasteiger charge is 2.09. The van der Waals surface area contributed by atoms with Gasteiger partial charge in [0.15, 0.2) is 0 Å². The zero-order valence-electron chi connectivity index (χ0n) is 11.4. The van der Waals surface area contributed by atoms with E-state index >= 15 is 0 Å². The second-order valence-electron chi connectivity index (χ2n) is 4.74. The monoisotopic (exact) mass is 243 g/mol. The molecule has 0 saturated carbocycles. The summed E-state index contributed by atoms with van der Waals surface area (Å²) in [4.78, 5) is 0. The van der Waals surface area contributed by atoms with Crippen molar-refractivity contribution in [2.45, 2.75) is 19.8 Å². The summed E-state index contributed by atoms with van der Waals surface area (Å²) >= 11 is 0. The van der Waals surface area contributed by atoms with Crippen LogP contribution in [0.3, 0.4) is 0 Å². The third-order valence-corrected chi connectivity index (χ3v) is 3.07. The van der Waals surface area contributed by atoms with Crippen LogP contribution in [0.4, 0.5) is 0 Å². The van der Waals surface area contributed by atoms with Crippen LogP contribution in [0.1, 0.15) is 17.7 Å². The van der Waals surface area contributed by atoms with Crippen molar-refractivity contribution in [2.24, 2.45) is 7.05 Å². The molecule has 0 radical (unpaired) electrons. The van der Waals surface area contributed by atoms with Crippen molar-refractivity contribution in [3.05, 3.63) is 41.7 Å². The van der Waals surface area contributed by atoms with Crippen molar-refractivity contribution >= 4 is 0 Å². The lowest BCUT2D eigenvalue weighted by Gasteiger charge is -2.03. The molecular weight excluding hydrogens is 222 g/mol. The van der Waals surface area contributed by atoms with Gasteiger partial charge in [0.2, 0.25) is 0 Å². The number of nitrogens with one attached hydrogen (secondary N) is 1. The number of benzene rings is 1. The molecule has 0 fully saturated rings. The van der Waals surface area contributed by atoms with Gasteiger partial charge in [0.1, 0.15) is 0 Å². The number of aryl methyl sites for hydroxylation is 3. The first-order valence-electron chi connectivity index (χ1n) is 6.45. The van der Waals surface area contributed by atoms with Crippen molar-refractivity contribution in [3.63, 3.8) is 0 Å². The Kier molecular flexibility index (Phi) is 4.15. The minimum absolute atomic E-state index is 1.02. The number of rotatable bonds is 5. The largest absolute Gasteiger partial charge is 0.320 e. The highest BCUT2D eigenvalue weighted by molar-refractivity contribution is 5.66. The Balaban J connectivity index is 2.26. The summed E-state index contributed by atoms with van der Waals surface area (Å²) in [5, 5.41) is 7.76. The average Bonchev–Trinajstić information content (AvgIpc) is 2.71. The van der Waals surface area contributed by atoms with Crippen LogP contribution in [-0.2, 0) is 13.5 Å². The van der Waals surface area contributed by atoms with E-state index in [0.717, 1.165) is 19.4 Å². The number of nitrogens with zero attached hydrogens (tertiary/aromatic N) is 2. The highest BCUT2D eigenvalue weighted by Crippen LogP contribution is 2.24. The van der Waals surface area contributed by atoms with Gasteiger partial charge in [0.25, 0.3) is 0 Å². The van der Waals surface area contributed by atoms with E-state index < -0.39 is 0 Å². The Labute approximate surface area is 109 Å². The van der Waals surface area contributed by atoms with Gasteiger partial charge in [-0.25, -0.2) is 0 Å². The van der Waals surface area contributed by atoms with E-state index in [9.17, 15) is 0 Å². The molecule has 0 aliphatic carbocycles. The lowest BCUT2D eigenvalue weighted by molar-refractivity contribution is 0.689. The molecule has 18 heavy (non-hydrogen) atoms. The summed E-state index contributed by atoms with van der Waals surface area (Å²) in [7, 11) is 3.97. The number of hydrogen-bond donors (Lipinski definition) is 1. The van der Waals surface area contributed by atoms with Gasteiger partial charge in [-0.05, 0) is 38.9 Å². The molecule has 1 heterocycles. The van der Waals surface area contributed by atoms with E-state index in [1.54, 1.807) is 0 Å². The predicted octanol–water partition coefficient (Wildman–Crippen LogP) is 2.55. The Morgan fingerprint density at radius 3 is 2.89 bits per heavy atom. The number of aromatic nitrogens is 2. The molecule has 3 heteroatoms. The molecule has 1 aromatic heterocycles. The average molecular weight is 243 g/mol. The van der Waals surface area contributed by atoms with Crippen LogP contribution in [0.5, 0.6) is 0 Å². The van der Waals surface area contributed by atoms with E-state index in [2.05, 4.69) is 47.8 Å². The van der Waals surface area contributed by atoms with Gasteiger partial charge in [-0.3, -0.25) is 4.68 Å². The number of hydrogen-bond acceptors (Lipinski definition) is 2. The SMILES string of the molecule is CNCCCc1nn(C)cc1-c1cccc(C)c1. The molecule has 1 aromatic carbocycles. The van der Waals surface area contributed by atoms with Crippen LogP contribution < -0.4 is 5.32 Å². The van der Waals surface area contributed by atoms with Crippen molar-refractivity contribution in [3.8, 4) is 11.1 Å². The predicted molar refractivity (Wildman–Crippen MR) is 75.6 cm³/mol. The first-order valence-corrected chi connectivity index (χ1v) is 6.45. The third kappa shape index (κ3) is 2.99. The third-order valence-electron chi connectivity index (χ3n) is 3.07. The van der Waals surface area contributed by atoms with Gasteiger partial charge < -0.3 is 5.32 Å². The minimum atomic E-state index is 1.02. The first kappa shape index (κ1) is 12.8. The Morgan fingerprint density at radius 2 is 2.17 bits per heavy atom. The fourth-order valence-electron chi connectivity index (χ4n) is 2.21. The van der Waals surface area contributed by atoms with Crippen molar-refractivity contribution in [2.75, 3.05) is 13.6 Å². The van der Waals surface area contributed by atoms with E-state index in [1.807, 2.05) is 18.8 Å². The summed E-state index contributed by atoms with van der Waals surface area (Å²) in [5.41, 5.74) is 5.01. The molecule has 0 unspecified atom stereocenters. The van der Waals surface area contributed by atoms with Crippen LogP contribution in [-0.4, -0.2) is 23.4 Å². The second kappa shape index (κ2) is 5.83. The normalized spacial score (nSPS) is 10.8. The molecule has 96 valence electrons. The quantitative estimate of drug-likeness (QED) is 0.818. The zero-order chi connectivity index (χ0) is 13.0. The fraction of sp³-hybridized carbons (Fsp3) is 0.400. The molecule has 2 rings (SSSR count). The molecule has 0 aliphatic heterocycles. The van der Waals surface area contributed by atoms with Crippen molar-refractivity contribution in [1.29, 1.82) is 0 Å². The van der Waals surface area contributed by atoms with Gasteiger partial charge in [-0.2, -0.15) is 5.10 Å². The summed E-state index contributed by atoms with van der Waals surface area (Å²) in [6.07, 6.45) is 4.25. The molecule has 0 bridgehead atoms. The lowest BCUT2D eigenvalue weighted by Crippen LogP contribution is -2.08. The molecule has 0 atom stereocenters. The molecule has 1 N–H and O–H groups in total. The van der Waals surface area contributed by atoms with E-state index in [1.165, 1.54) is 22.4 Å². The summed E-state index contributed by atoms with van der Waals surface area (Å²) in [5.74, 6) is 0. The van der Waals surface area contributed by atoms with Crippen LogP contribution in [0, 0.1) is 6.92 Å². The topological polar surface area (TPSA) is 29.9 Å². The fourth-order valence-corrected chi connectivity index (χ4v) is 2.21. The van der Waals surface area contributed by atoms with Crippen LogP contribution in [0.2, 0.25) is 0 Å². The van der Waals surface area contributed by atoms with Crippen molar-refractivity contribution in [1.82, 2.24) is 15.1 Å². The molecule has 2 aromatic rings. The summed E-state index contributed by atoms with van der Waals surface area (Å²) in [6.45, 7) is 3.16. The van der Waals surface area contributed by atoms with Gasteiger partial charge in [-0.1, -0.05) is 29.8 Å². The van der Waals surface area contributed by atoms with E-state index in [0.29, 0.717) is 0 Å². The Hall–Kier alpha value is -1.61. The molecular formula is C15H21N3. The second-order valence-corrected chi connectivity index (χ2v) is 4.74. The van der Waals surface area contributed by atoms with E-state index in [-0.39, 0.29) is 0 Å². The van der Waals surface area contributed by atoms with Crippen LogP contribution in [0.15, 0.2) is 30.5 Å². The summed E-state index contributed by atoms with van der Waals surface area (Å²) < 4.78 is 1.91. The standard InChI is InChI=1S/C15H21N3/c1-12-6-4-7-13(10-12)14-11-18(3)17-15(14)8-5-9-16-2/h4,6-7,10-11,16H,5,8-9H2,1-3H3. The van der Waals surface area contributed by atoms with Gasteiger partial charge >= 0.3 is 0 Å². The Bertz CT molecular complexity index is 514. The summed E-state index contributed by atoms with van der Waals surface area (Å²) in [6, 6.07) is 8.61. The van der Waals surface area contributed by atoms with Crippen molar-refractivity contribution < 1.29 is 0 Å². The van der Waals surface area contributed by atoms with Gasteiger partial charge in [-0.15, -0.1) is 0 Å². The van der Waals surface area contributed by atoms with Crippen LogP contribution in [0.25, 0.3) is 11.1 Å².